The predicted molar refractivity (Wildman–Crippen MR) is 81.6 cm³/mol. The SMILES string of the molecule is O=C(N[C@H](CO)c1ccccc1)C1CC1c1cccc(F)c1F. The average molecular weight is 317 g/mol. The fourth-order valence-electron chi connectivity index (χ4n) is 2.83. The molecule has 5 heteroatoms. The van der Waals surface area contributed by atoms with E-state index < -0.39 is 17.7 Å². The van der Waals surface area contributed by atoms with Crippen molar-refractivity contribution in [1.29, 1.82) is 0 Å². The van der Waals surface area contributed by atoms with Gasteiger partial charge in [0, 0.05) is 5.92 Å². The zero-order valence-electron chi connectivity index (χ0n) is 12.4. The molecule has 1 saturated carbocycles. The van der Waals surface area contributed by atoms with E-state index in [0.717, 1.165) is 11.6 Å². The number of rotatable bonds is 5. The van der Waals surface area contributed by atoms with E-state index in [9.17, 15) is 18.7 Å². The van der Waals surface area contributed by atoms with Gasteiger partial charge in [-0.3, -0.25) is 4.79 Å². The number of nitrogens with one attached hydrogen (secondary N) is 1. The Balaban J connectivity index is 1.67. The number of hydrogen-bond acceptors (Lipinski definition) is 2. The van der Waals surface area contributed by atoms with Crippen molar-refractivity contribution >= 4 is 5.91 Å². The molecule has 1 aliphatic rings. The number of carbonyl (C=O) groups is 1. The minimum Gasteiger partial charge on any atom is -0.394 e. The maximum atomic E-state index is 13.8. The molecule has 3 rings (SSSR count). The fourth-order valence-corrected chi connectivity index (χ4v) is 2.83. The second-order valence-corrected chi connectivity index (χ2v) is 5.75. The summed E-state index contributed by atoms with van der Waals surface area (Å²) in [5.74, 6) is -2.72. The van der Waals surface area contributed by atoms with Crippen molar-refractivity contribution in [2.45, 2.75) is 18.4 Å². The van der Waals surface area contributed by atoms with Crippen molar-refractivity contribution in [2.24, 2.45) is 5.92 Å². The van der Waals surface area contributed by atoms with Gasteiger partial charge < -0.3 is 10.4 Å². The number of amides is 1. The summed E-state index contributed by atoms with van der Waals surface area (Å²) in [5, 5.41) is 12.2. The summed E-state index contributed by atoms with van der Waals surface area (Å²) in [6, 6.07) is 12.7. The fraction of sp³-hybridized carbons (Fsp3) is 0.278. The number of halogens is 2. The van der Waals surface area contributed by atoms with Gasteiger partial charge >= 0.3 is 0 Å². The molecule has 2 aromatic carbocycles. The van der Waals surface area contributed by atoms with Gasteiger partial charge in [-0.1, -0.05) is 42.5 Å². The van der Waals surface area contributed by atoms with Crippen molar-refractivity contribution in [1.82, 2.24) is 5.32 Å². The molecule has 2 unspecified atom stereocenters. The quantitative estimate of drug-likeness (QED) is 0.891. The number of carbonyl (C=O) groups excluding carboxylic acids is 1. The van der Waals surface area contributed by atoms with Crippen LogP contribution in [-0.2, 0) is 4.79 Å². The second kappa shape index (κ2) is 6.46. The Morgan fingerprint density at radius 3 is 2.61 bits per heavy atom. The topological polar surface area (TPSA) is 49.3 Å². The Morgan fingerprint density at radius 2 is 1.91 bits per heavy atom. The van der Waals surface area contributed by atoms with Gasteiger partial charge in [0.2, 0.25) is 5.91 Å². The summed E-state index contributed by atoms with van der Waals surface area (Å²) in [7, 11) is 0. The standard InChI is InChI=1S/C18H17F2NO2/c19-15-8-4-7-12(17(15)20)13-9-14(13)18(23)21-16(10-22)11-5-2-1-3-6-11/h1-8,13-14,16,22H,9-10H2,(H,21,23)/t13?,14?,16-/m1/s1. The van der Waals surface area contributed by atoms with E-state index >= 15 is 0 Å². The monoisotopic (exact) mass is 317 g/mol. The summed E-state index contributed by atoms with van der Waals surface area (Å²) in [4.78, 5) is 12.3. The molecule has 120 valence electrons. The van der Waals surface area contributed by atoms with Crippen LogP contribution < -0.4 is 5.32 Å². The van der Waals surface area contributed by atoms with Crippen LogP contribution in [0.15, 0.2) is 48.5 Å². The average Bonchev–Trinajstić information content (AvgIpc) is 3.36. The molecule has 1 amide bonds. The third-order valence-corrected chi connectivity index (χ3v) is 4.21. The molecule has 0 saturated heterocycles. The van der Waals surface area contributed by atoms with Gasteiger partial charge in [0.25, 0.3) is 0 Å². The summed E-state index contributed by atoms with van der Waals surface area (Å²) < 4.78 is 27.0. The lowest BCUT2D eigenvalue weighted by atomic mass is 10.1. The van der Waals surface area contributed by atoms with Gasteiger partial charge in [0.15, 0.2) is 11.6 Å². The highest BCUT2D eigenvalue weighted by atomic mass is 19.2. The lowest BCUT2D eigenvalue weighted by Crippen LogP contribution is -2.32. The molecular formula is C18H17F2NO2. The first-order chi connectivity index (χ1) is 11.1. The van der Waals surface area contributed by atoms with Crippen molar-refractivity contribution < 1.29 is 18.7 Å². The molecule has 3 nitrogen and oxygen atoms in total. The zero-order valence-corrected chi connectivity index (χ0v) is 12.4. The summed E-state index contributed by atoms with van der Waals surface area (Å²) in [5.41, 5.74) is 1.04. The second-order valence-electron chi connectivity index (χ2n) is 5.75. The molecule has 23 heavy (non-hydrogen) atoms. The Hall–Kier alpha value is -2.27. The van der Waals surface area contributed by atoms with E-state index in [0.29, 0.717) is 6.42 Å². The molecular weight excluding hydrogens is 300 g/mol. The highest BCUT2D eigenvalue weighted by molar-refractivity contribution is 5.83. The molecule has 0 radical (unpaired) electrons. The number of hydrogen-bond donors (Lipinski definition) is 2. The number of aliphatic hydroxyl groups excluding tert-OH is 1. The predicted octanol–water partition coefficient (Wildman–Crippen LogP) is 2.92. The Bertz CT molecular complexity index is 705. The Labute approximate surface area is 133 Å². The van der Waals surface area contributed by atoms with Gasteiger partial charge in [-0.2, -0.15) is 0 Å². The molecule has 2 N–H and O–H groups in total. The minimum absolute atomic E-state index is 0.221. The summed E-state index contributed by atoms with van der Waals surface area (Å²) in [6.07, 6.45) is 0.485. The Morgan fingerprint density at radius 1 is 1.17 bits per heavy atom. The Kier molecular flexibility index (Phi) is 4.39. The molecule has 2 aromatic rings. The van der Waals surface area contributed by atoms with E-state index in [1.807, 2.05) is 30.3 Å². The van der Waals surface area contributed by atoms with Crippen LogP contribution in [-0.4, -0.2) is 17.6 Å². The smallest absolute Gasteiger partial charge is 0.224 e. The molecule has 0 heterocycles. The van der Waals surface area contributed by atoms with Crippen LogP contribution in [0.4, 0.5) is 8.78 Å². The van der Waals surface area contributed by atoms with Crippen LogP contribution in [0.25, 0.3) is 0 Å². The highest BCUT2D eigenvalue weighted by Gasteiger charge is 2.46. The lowest BCUT2D eigenvalue weighted by Gasteiger charge is -2.16. The molecule has 0 aromatic heterocycles. The van der Waals surface area contributed by atoms with E-state index in [2.05, 4.69) is 5.32 Å². The molecule has 3 atom stereocenters. The maximum absolute atomic E-state index is 13.8. The minimum atomic E-state index is -0.897. The van der Waals surface area contributed by atoms with Crippen LogP contribution >= 0.6 is 0 Å². The van der Waals surface area contributed by atoms with Gasteiger partial charge in [-0.25, -0.2) is 8.78 Å². The largest absolute Gasteiger partial charge is 0.394 e. The highest BCUT2D eigenvalue weighted by Crippen LogP contribution is 2.48. The van der Waals surface area contributed by atoms with Crippen LogP contribution in [0.5, 0.6) is 0 Å². The van der Waals surface area contributed by atoms with Gasteiger partial charge in [-0.05, 0) is 29.5 Å². The molecule has 0 aliphatic heterocycles. The first-order valence-corrected chi connectivity index (χ1v) is 7.52. The lowest BCUT2D eigenvalue weighted by molar-refractivity contribution is -0.123. The summed E-state index contributed by atoms with van der Waals surface area (Å²) >= 11 is 0. The van der Waals surface area contributed by atoms with Crippen LogP contribution in [0.3, 0.4) is 0 Å². The maximum Gasteiger partial charge on any atom is 0.224 e. The van der Waals surface area contributed by atoms with E-state index in [4.69, 9.17) is 0 Å². The third kappa shape index (κ3) is 3.24. The van der Waals surface area contributed by atoms with Crippen molar-refractivity contribution in [3.63, 3.8) is 0 Å². The van der Waals surface area contributed by atoms with Crippen LogP contribution in [0.1, 0.15) is 29.5 Å². The van der Waals surface area contributed by atoms with E-state index in [1.54, 1.807) is 0 Å². The molecule has 1 aliphatic carbocycles. The van der Waals surface area contributed by atoms with Crippen molar-refractivity contribution in [3.8, 4) is 0 Å². The first kappa shape index (κ1) is 15.6. The molecule has 0 spiro atoms. The van der Waals surface area contributed by atoms with Gasteiger partial charge in [-0.15, -0.1) is 0 Å². The summed E-state index contributed by atoms with van der Waals surface area (Å²) in [6.45, 7) is -0.221. The molecule has 1 fully saturated rings. The van der Waals surface area contributed by atoms with Crippen LogP contribution in [0.2, 0.25) is 0 Å². The van der Waals surface area contributed by atoms with E-state index in [-0.39, 0.29) is 29.9 Å². The van der Waals surface area contributed by atoms with E-state index in [1.165, 1.54) is 12.1 Å². The van der Waals surface area contributed by atoms with Gasteiger partial charge in [0.05, 0.1) is 12.6 Å². The zero-order chi connectivity index (χ0) is 16.4. The van der Waals surface area contributed by atoms with Crippen molar-refractivity contribution in [2.75, 3.05) is 6.61 Å². The van der Waals surface area contributed by atoms with Crippen LogP contribution in [0, 0.1) is 17.6 Å². The van der Waals surface area contributed by atoms with Crippen molar-refractivity contribution in [3.05, 3.63) is 71.3 Å². The third-order valence-electron chi connectivity index (χ3n) is 4.21. The van der Waals surface area contributed by atoms with Gasteiger partial charge in [0.1, 0.15) is 0 Å². The molecule has 0 bridgehead atoms. The first-order valence-electron chi connectivity index (χ1n) is 7.52. The number of benzene rings is 2. The number of aliphatic hydroxyl groups is 1. The normalized spacial score (nSPS) is 20.8.